The Balaban J connectivity index is 2.10. The molecule has 8 heteroatoms. The van der Waals surface area contributed by atoms with Gasteiger partial charge in [0.15, 0.2) is 0 Å². The van der Waals surface area contributed by atoms with Gasteiger partial charge in [-0.1, -0.05) is 29.3 Å². The summed E-state index contributed by atoms with van der Waals surface area (Å²) < 4.78 is 0. The minimum atomic E-state index is -1.13. The molecular formula is C13H9Cl2N3O3. The van der Waals surface area contributed by atoms with Crippen molar-refractivity contribution in [3.05, 3.63) is 52.3 Å². The van der Waals surface area contributed by atoms with Crippen molar-refractivity contribution in [2.24, 2.45) is 0 Å². The van der Waals surface area contributed by atoms with Crippen LogP contribution in [-0.4, -0.2) is 22.1 Å². The van der Waals surface area contributed by atoms with E-state index in [1.54, 1.807) is 18.2 Å². The summed E-state index contributed by atoms with van der Waals surface area (Å²) in [6, 6.07) is 5.50. The third kappa shape index (κ3) is 3.84. The zero-order valence-corrected chi connectivity index (χ0v) is 11.9. The Morgan fingerprint density at radius 1 is 1.14 bits per heavy atom. The van der Waals surface area contributed by atoms with Gasteiger partial charge in [0.2, 0.25) is 0 Å². The van der Waals surface area contributed by atoms with Crippen LogP contribution in [-0.2, 0) is 0 Å². The largest absolute Gasteiger partial charge is 0.478 e. The monoisotopic (exact) mass is 325 g/mol. The third-order valence-corrected chi connectivity index (χ3v) is 3.26. The molecule has 0 bridgehead atoms. The lowest BCUT2D eigenvalue weighted by atomic mass is 10.2. The summed E-state index contributed by atoms with van der Waals surface area (Å²) >= 11 is 11.8. The molecule has 21 heavy (non-hydrogen) atoms. The van der Waals surface area contributed by atoms with Gasteiger partial charge >= 0.3 is 12.0 Å². The highest BCUT2D eigenvalue weighted by molar-refractivity contribution is 6.44. The molecule has 0 aliphatic carbocycles. The summed E-state index contributed by atoms with van der Waals surface area (Å²) in [6.07, 6.45) is 2.50. The molecule has 1 aromatic heterocycles. The zero-order chi connectivity index (χ0) is 15.4. The second-order valence-corrected chi connectivity index (χ2v) is 4.73. The number of nitrogens with zero attached hydrogens (tertiary/aromatic N) is 1. The number of carboxylic acid groups (broad SMARTS) is 1. The number of hydrogen-bond acceptors (Lipinski definition) is 3. The first-order valence-electron chi connectivity index (χ1n) is 5.67. The van der Waals surface area contributed by atoms with Crippen molar-refractivity contribution >= 4 is 46.6 Å². The van der Waals surface area contributed by atoms with Crippen molar-refractivity contribution in [1.29, 1.82) is 0 Å². The van der Waals surface area contributed by atoms with Crippen LogP contribution in [0.4, 0.5) is 16.2 Å². The smallest absolute Gasteiger partial charge is 0.337 e. The Bertz CT molecular complexity index is 707. The number of rotatable bonds is 3. The normalized spacial score (nSPS) is 10.0. The van der Waals surface area contributed by atoms with Crippen LogP contribution in [0.1, 0.15) is 10.4 Å². The second-order valence-electron chi connectivity index (χ2n) is 3.95. The van der Waals surface area contributed by atoms with E-state index in [0.29, 0.717) is 10.7 Å². The highest BCUT2D eigenvalue weighted by Crippen LogP contribution is 2.29. The van der Waals surface area contributed by atoms with Crippen molar-refractivity contribution in [1.82, 2.24) is 4.98 Å². The quantitative estimate of drug-likeness (QED) is 0.801. The van der Waals surface area contributed by atoms with Gasteiger partial charge in [0.25, 0.3) is 0 Å². The summed E-state index contributed by atoms with van der Waals surface area (Å²) in [5.41, 5.74) is 0.545. The van der Waals surface area contributed by atoms with E-state index in [0.717, 1.165) is 0 Å². The van der Waals surface area contributed by atoms with E-state index in [2.05, 4.69) is 15.6 Å². The Kier molecular flexibility index (Phi) is 4.62. The van der Waals surface area contributed by atoms with Crippen LogP contribution in [0.15, 0.2) is 36.7 Å². The van der Waals surface area contributed by atoms with Gasteiger partial charge in [0.1, 0.15) is 0 Å². The Labute approximate surface area is 129 Å². The van der Waals surface area contributed by atoms with Crippen LogP contribution in [0, 0.1) is 0 Å². The number of carbonyl (C=O) groups is 2. The maximum Gasteiger partial charge on any atom is 0.337 e. The number of aromatic nitrogens is 1. The summed E-state index contributed by atoms with van der Waals surface area (Å²) in [5.74, 6) is -1.13. The maximum absolute atomic E-state index is 11.8. The van der Waals surface area contributed by atoms with Crippen molar-refractivity contribution in [3.8, 4) is 0 Å². The maximum atomic E-state index is 11.8. The number of carbonyl (C=O) groups excluding carboxylic acids is 1. The van der Waals surface area contributed by atoms with E-state index in [1.807, 2.05) is 0 Å². The number of halogens is 2. The fraction of sp³-hybridized carbons (Fsp3) is 0. The van der Waals surface area contributed by atoms with E-state index < -0.39 is 12.0 Å². The Morgan fingerprint density at radius 2 is 1.90 bits per heavy atom. The van der Waals surface area contributed by atoms with Crippen molar-refractivity contribution < 1.29 is 14.7 Å². The molecular weight excluding hydrogens is 317 g/mol. The second kappa shape index (κ2) is 6.43. The number of urea groups is 1. The molecule has 1 aromatic carbocycles. The van der Waals surface area contributed by atoms with Gasteiger partial charge in [-0.25, -0.2) is 9.59 Å². The topological polar surface area (TPSA) is 91.3 Å². The fourth-order valence-electron chi connectivity index (χ4n) is 1.51. The Morgan fingerprint density at radius 3 is 2.62 bits per heavy atom. The van der Waals surface area contributed by atoms with Crippen LogP contribution in [0.3, 0.4) is 0 Å². The predicted molar refractivity (Wildman–Crippen MR) is 80.3 cm³/mol. The van der Waals surface area contributed by atoms with Gasteiger partial charge in [-0.2, -0.15) is 0 Å². The lowest BCUT2D eigenvalue weighted by molar-refractivity contribution is 0.0696. The molecule has 0 radical (unpaired) electrons. The molecule has 2 aromatic rings. The van der Waals surface area contributed by atoms with Gasteiger partial charge in [0.05, 0.1) is 33.2 Å². The average molecular weight is 326 g/mol. The van der Waals surface area contributed by atoms with Crippen LogP contribution < -0.4 is 10.6 Å². The Hall–Kier alpha value is -2.31. The highest BCUT2D eigenvalue weighted by atomic mass is 35.5. The molecule has 0 saturated heterocycles. The molecule has 0 fully saturated rings. The summed E-state index contributed by atoms with van der Waals surface area (Å²) in [6.45, 7) is 0. The molecule has 0 aliphatic heterocycles. The first kappa shape index (κ1) is 15.1. The van der Waals surface area contributed by atoms with Crippen LogP contribution in [0.5, 0.6) is 0 Å². The van der Waals surface area contributed by atoms with Gasteiger partial charge < -0.3 is 15.7 Å². The van der Waals surface area contributed by atoms with E-state index in [4.69, 9.17) is 28.3 Å². The van der Waals surface area contributed by atoms with Gasteiger partial charge in [-0.05, 0) is 18.2 Å². The molecule has 3 N–H and O–H groups in total. The summed E-state index contributed by atoms with van der Waals surface area (Å²) in [7, 11) is 0. The fourth-order valence-corrected chi connectivity index (χ4v) is 1.86. The van der Waals surface area contributed by atoms with Crippen molar-refractivity contribution in [3.63, 3.8) is 0 Å². The SMILES string of the molecule is O=C(Nc1cncc(C(=O)O)c1)Nc1cccc(Cl)c1Cl. The number of anilines is 2. The number of benzene rings is 1. The van der Waals surface area contributed by atoms with Crippen LogP contribution in [0.25, 0.3) is 0 Å². The number of amides is 2. The summed E-state index contributed by atoms with van der Waals surface area (Å²) in [4.78, 5) is 26.4. The average Bonchev–Trinajstić information content (AvgIpc) is 2.44. The molecule has 0 atom stereocenters. The zero-order valence-electron chi connectivity index (χ0n) is 10.4. The summed E-state index contributed by atoms with van der Waals surface area (Å²) in [5, 5.41) is 14.3. The number of nitrogens with one attached hydrogen (secondary N) is 2. The van der Waals surface area contributed by atoms with Gasteiger partial charge in [0, 0.05) is 6.20 Å². The third-order valence-electron chi connectivity index (χ3n) is 2.44. The van der Waals surface area contributed by atoms with E-state index in [1.165, 1.54) is 18.5 Å². The molecule has 108 valence electrons. The van der Waals surface area contributed by atoms with E-state index in [-0.39, 0.29) is 16.3 Å². The van der Waals surface area contributed by atoms with Crippen LogP contribution in [0.2, 0.25) is 10.0 Å². The lowest BCUT2D eigenvalue weighted by Gasteiger charge is -2.09. The molecule has 6 nitrogen and oxygen atoms in total. The van der Waals surface area contributed by atoms with E-state index in [9.17, 15) is 9.59 Å². The molecule has 0 spiro atoms. The molecule has 0 saturated carbocycles. The van der Waals surface area contributed by atoms with Crippen molar-refractivity contribution in [2.45, 2.75) is 0 Å². The number of pyridine rings is 1. The number of aromatic carboxylic acids is 1. The molecule has 0 unspecified atom stereocenters. The van der Waals surface area contributed by atoms with Gasteiger partial charge in [-0.3, -0.25) is 4.98 Å². The minimum Gasteiger partial charge on any atom is -0.478 e. The van der Waals surface area contributed by atoms with Crippen LogP contribution >= 0.6 is 23.2 Å². The van der Waals surface area contributed by atoms with E-state index >= 15 is 0 Å². The lowest BCUT2D eigenvalue weighted by Crippen LogP contribution is -2.20. The first-order chi connectivity index (χ1) is 9.97. The van der Waals surface area contributed by atoms with Gasteiger partial charge in [-0.15, -0.1) is 0 Å². The molecule has 0 aliphatic rings. The number of carboxylic acids is 1. The molecule has 2 rings (SSSR count). The highest BCUT2D eigenvalue weighted by Gasteiger charge is 2.10. The molecule has 2 amide bonds. The minimum absolute atomic E-state index is 0.0337. The standard InChI is InChI=1S/C13H9Cl2N3O3/c14-9-2-1-3-10(11(9)15)18-13(21)17-8-4-7(12(19)20)5-16-6-8/h1-6H,(H,19,20)(H2,17,18,21). The predicted octanol–water partition coefficient (Wildman–Crippen LogP) is 3.73. The first-order valence-corrected chi connectivity index (χ1v) is 6.43. The number of hydrogen-bond donors (Lipinski definition) is 3. The molecule has 1 heterocycles. The van der Waals surface area contributed by atoms with Crippen molar-refractivity contribution in [2.75, 3.05) is 10.6 Å².